The van der Waals surface area contributed by atoms with Gasteiger partial charge >= 0.3 is 0 Å². The maximum absolute atomic E-state index is 12.4. The Morgan fingerprint density at radius 2 is 0.727 bits per heavy atom. The summed E-state index contributed by atoms with van der Waals surface area (Å²) in [6.45, 7) is 4.17. The van der Waals surface area contributed by atoms with Crippen LogP contribution in [0.25, 0.3) is 0 Å². The molecule has 0 fully saturated rings. The Kier molecular flexibility index (Phi) is 45.0. The lowest BCUT2D eigenvalue weighted by molar-refractivity contribution is -0.124. The van der Waals surface area contributed by atoms with Crippen molar-refractivity contribution < 1.29 is 20.1 Å². The molecule has 0 saturated carbocycles. The van der Waals surface area contributed by atoms with E-state index in [2.05, 4.69) is 31.3 Å². The number of rotatable bonds is 46. The average molecular weight is 778 g/mol. The van der Waals surface area contributed by atoms with E-state index in [4.69, 9.17) is 0 Å². The molecule has 0 aromatic heterocycles. The maximum Gasteiger partial charge on any atom is 0.220 e. The third kappa shape index (κ3) is 41.1. The summed E-state index contributed by atoms with van der Waals surface area (Å²) < 4.78 is 0. The third-order valence-corrected chi connectivity index (χ3v) is 11.9. The van der Waals surface area contributed by atoms with E-state index < -0.39 is 18.2 Å². The minimum atomic E-state index is -1.15. The van der Waals surface area contributed by atoms with Gasteiger partial charge in [0.15, 0.2) is 0 Å². The van der Waals surface area contributed by atoms with Crippen molar-refractivity contribution in [2.75, 3.05) is 6.61 Å². The van der Waals surface area contributed by atoms with Gasteiger partial charge in [-0.1, -0.05) is 244 Å². The number of aliphatic hydroxyl groups is 3. The van der Waals surface area contributed by atoms with Crippen molar-refractivity contribution >= 4 is 5.91 Å². The summed E-state index contributed by atoms with van der Waals surface area (Å²) in [6, 6.07) is -0.820. The van der Waals surface area contributed by atoms with Crippen molar-refractivity contribution in [2.24, 2.45) is 0 Å². The van der Waals surface area contributed by atoms with E-state index in [1.54, 1.807) is 0 Å². The average Bonchev–Trinajstić information content (AvgIpc) is 3.19. The molecule has 0 bridgehead atoms. The first-order chi connectivity index (χ1) is 27.1. The van der Waals surface area contributed by atoms with Crippen LogP contribution in [0.5, 0.6) is 0 Å². The van der Waals surface area contributed by atoms with Crippen LogP contribution in [0.3, 0.4) is 0 Å². The van der Waals surface area contributed by atoms with Gasteiger partial charge in [-0.25, -0.2) is 0 Å². The fourth-order valence-corrected chi connectivity index (χ4v) is 7.99. The van der Waals surface area contributed by atoms with Crippen molar-refractivity contribution in [2.45, 2.75) is 295 Å². The first-order valence-corrected chi connectivity index (χ1v) is 25.0. The van der Waals surface area contributed by atoms with Gasteiger partial charge in [0.1, 0.15) is 6.10 Å². The summed E-state index contributed by atoms with van der Waals surface area (Å²) in [7, 11) is 0. The third-order valence-electron chi connectivity index (χ3n) is 11.9. The molecule has 0 aromatic carbocycles. The van der Waals surface area contributed by atoms with Crippen LogP contribution in [0.2, 0.25) is 0 Å². The van der Waals surface area contributed by atoms with Crippen LogP contribution in [0.15, 0.2) is 12.2 Å². The quantitative estimate of drug-likeness (QED) is 0.0366. The number of hydrogen-bond donors (Lipinski definition) is 4. The first-order valence-electron chi connectivity index (χ1n) is 25.0. The number of unbranched alkanes of at least 4 members (excludes halogenated alkanes) is 36. The number of allylic oxidation sites excluding steroid dienone is 2. The number of amides is 1. The Hall–Kier alpha value is -0.910. The van der Waals surface area contributed by atoms with Gasteiger partial charge in [0.25, 0.3) is 0 Å². The zero-order chi connectivity index (χ0) is 40.1. The highest BCUT2D eigenvalue weighted by Gasteiger charge is 2.26. The number of nitrogens with one attached hydrogen (secondary N) is 1. The number of aliphatic hydroxyl groups excluding tert-OH is 3. The molecule has 0 rings (SSSR count). The fraction of sp³-hybridized carbons (Fsp3) is 0.940. The molecule has 328 valence electrons. The summed E-state index contributed by atoms with van der Waals surface area (Å²) in [5.74, 6) is -0.150. The second-order valence-electron chi connectivity index (χ2n) is 17.4. The Bertz CT molecular complexity index is 773. The van der Waals surface area contributed by atoms with Gasteiger partial charge < -0.3 is 20.6 Å². The molecule has 0 heterocycles. The van der Waals surface area contributed by atoms with Gasteiger partial charge in [-0.2, -0.15) is 0 Å². The molecule has 5 heteroatoms. The zero-order valence-electron chi connectivity index (χ0n) is 37.3. The molecular weight excluding hydrogens is 679 g/mol. The first kappa shape index (κ1) is 54.1. The van der Waals surface area contributed by atoms with E-state index in [9.17, 15) is 20.1 Å². The van der Waals surface area contributed by atoms with E-state index >= 15 is 0 Å². The lowest BCUT2D eigenvalue weighted by Gasteiger charge is -2.26. The van der Waals surface area contributed by atoms with Crippen molar-refractivity contribution in [3.63, 3.8) is 0 Å². The Labute approximate surface area is 344 Å². The topological polar surface area (TPSA) is 89.8 Å². The number of carbonyl (C=O) groups excluding carboxylic acids is 1. The second-order valence-corrected chi connectivity index (χ2v) is 17.4. The normalized spacial score (nSPS) is 13.5. The molecule has 3 atom stereocenters. The van der Waals surface area contributed by atoms with Gasteiger partial charge in [-0.3, -0.25) is 4.79 Å². The van der Waals surface area contributed by atoms with E-state index in [-0.39, 0.29) is 12.5 Å². The van der Waals surface area contributed by atoms with Crippen LogP contribution in [-0.4, -0.2) is 46.1 Å². The van der Waals surface area contributed by atoms with Crippen LogP contribution in [-0.2, 0) is 4.79 Å². The molecule has 1 amide bonds. The van der Waals surface area contributed by atoms with Crippen LogP contribution in [0, 0.1) is 0 Å². The van der Waals surface area contributed by atoms with Crippen molar-refractivity contribution in [1.82, 2.24) is 5.32 Å². The SMILES string of the molecule is CCCCCCCC/C=C/CCCC(O)C(O)C(CO)NC(=O)CCCCCCCCCCCCCCCCCCCCCCCCCCCCCCCC. The minimum Gasteiger partial charge on any atom is -0.394 e. The molecule has 0 aromatic rings. The molecule has 0 aliphatic heterocycles. The van der Waals surface area contributed by atoms with E-state index in [1.165, 1.54) is 212 Å². The zero-order valence-corrected chi connectivity index (χ0v) is 37.3. The van der Waals surface area contributed by atoms with Crippen molar-refractivity contribution in [3.05, 3.63) is 12.2 Å². The molecule has 0 spiro atoms. The molecule has 0 aliphatic rings. The maximum atomic E-state index is 12.4. The van der Waals surface area contributed by atoms with Gasteiger partial charge in [0.05, 0.1) is 18.8 Å². The molecule has 0 saturated heterocycles. The molecular formula is C50H99NO4. The number of carbonyl (C=O) groups is 1. The second kappa shape index (κ2) is 45.8. The Morgan fingerprint density at radius 3 is 1.05 bits per heavy atom. The fourth-order valence-electron chi connectivity index (χ4n) is 7.99. The van der Waals surface area contributed by atoms with E-state index in [0.29, 0.717) is 12.8 Å². The monoisotopic (exact) mass is 778 g/mol. The van der Waals surface area contributed by atoms with Crippen molar-refractivity contribution in [1.29, 1.82) is 0 Å². The molecule has 5 nitrogen and oxygen atoms in total. The molecule has 0 radical (unpaired) electrons. The highest BCUT2D eigenvalue weighted by molar-refractivity contribution is 5.76. The number of hydrogen-bond acceptors (Lipinski definition) is 4. The molecule has 0 aliphatic carbocycles. The molecule has 55 heavy (non-hydrogen) atoms. The summed E-state index contributed by atoms with van der Waals surface area (Å²) >= 11 is 0. The lowest BCUT2D eigenvalue weighted by atomic mass is 10.0. The summed E-state index contributed by atoms with van der Waals surface area (Å²) in [4.78, 5) is 12.4. The van der Waals surface area contributed by atoms with Crippen molar-refractivity contribution in [3.8, 4) is 0 Å². The Morgan fingerprint density at radius 1 is 0.436 bits per heavy atom. The van der Waals surface area contributed by atoms with Gasteiger partial charge in [-0.05, 0) is 38.5 Å². The Balaban J connectivity index is 3.46. The molecule has 4 N–H and O–H groups in total. The summed E-state index contributed by atoms with van der Waals surface area (Å²) in [5.41, 5.74) is 0. The van der Waals surface area contributed by atoms with E-state index in [1.807, 2.05) is 0 Å². The smallest absolute Gasteiger partial charge is 0.220 e. The van der Waals surface area contributed by atoms with Gasteiger partial charge in [0.2, 0.25) is 5.91 Å². The van der Waals surface area contributed by atoms with Crippen LogP contribution >= 0.6 is 0 Å². The largest absolute Gasteiger partial charge is 0.394 e. The summed E-state index contributed by atoms with van der Waals surface area (Å²) in [6.07, 6.45) is 55.1. The van der Waals surface area contributed by atoms with Crippen LogP contribution in [0.1, 0.15) is 277 Å². The molecule has 3 unspecified atom stereocenters. The lowest BCUT2D eigenvalue weighted by Crippen LogP contribution is -2.50. The predicted molar refractivity (Wildman–Crippen MR) is 241 cm³/mol. The predicted octanol–water partition coefficient (Wildman–Crippen LogP) is 14.8. The van der Waals surface area contributed by atoms with E-state index in [0.717, 1.165) is 38.5 Å². The summed E-state index contributed by atoms with van der Waals surface area (Å²) in [5, 5.41) is 33.5. The standard InChI is InChI=1S/C50H99NO4/c1-3-5-7-9-11-13-15-16-17-18-19-20-21-22-23-24-25-26-27-28-29-30-31-32-33-35-37-39-41-43-45-49(54)51-47(46-52)50(55)48(53)44-42-40-38-36-34-14-12-10-8-6-4-2/h36,38,47-48,50,52-53,55H,3-35,37,39-46H2,1-2H3,(H,51,54)/b38-36+. The minimum absolute atomic E-state index is 0.150. The van der Waals surface area contributed by atoms with Gasteiger partial charge in [-0.15, -0.1) is 0 Å². The van der Waals surface area contributed by atoms with Gasteiger partial charge in [0, 0.05) is 6.42 Å². The van der Waals surface area contributed by atoms with Crippen LogP contribution in [0.4, 0.5) is 0 Å². The highest BCUT2D eigenvalue weighted by Crippen LogP contribution is 2.17. The highest BCUT2D eigenvalue weighted by atomic mass is 16.3. The van der Waals surface area contributed by atoms with Crippen LogP contribution < -0.4 is 5.32 Å².